The Kier molecular flexibility index (Phi) is 4.97. The third kappa shape index (κ3) is 3.51. The van der Waals surface area contributed by atoms with E-state index in [2.05, 4.69) is 15.4 Å². The first kappa shape index (κ1) is 19.9. The summed E-state index contributed by atoms with van der Waals surface area (Å²) in [6.45, 7) is 4.90. The van der Waals surface area contributed by atoms with Crippen molar-refractivity contribution in [2.45, 2.75) is 26.1 Å². The summed E-state index contributed by atoms with van der Waals surface area (Å²) in [6, 6.07) is 8.15. The molecule has 0 saturated carbocycles. The molecule has 30 heavy (non-hydrogen) atoms. The number of anilines is 2. The third-order valence-electron chi connectivity index (χ3n) is 5.04. The number of hydrogen-bond acceptors (Lipinski definition) is 4. The molecule has 0 unspecified atom stereocenters. The van der Waals surface area contributed by atoms with Crippen LogP contribution in [0.2, 0.25) is 0 Å². The molecule has 1 aromatic carbocycles. The molecule has 0 spiro atoms. The van der Waals surface area contributed by atoms with Gasteiger partial charge in [0.1, 0.15) is 11.5 Å². The number of carbonyl (C=O) groups excluding carboxylic acids is 1. The quantitative estimate of drug-likeness (QED) is 0.676. The van der Waals surface area contributed by atoms with E-state index in [0.29, 0.717) is 35.9 Å². The highest BCUT2D eigenvalue weighted by Gasteiger charge is 2.35. The fourth-order valence-electron chi connectivity index (χ4n) is 3.60. The predicted molar refractivity (Wildman–Crippen MR) is 107 cm³/mol. The lowest BCUT2D eigenvalue weighted by atomic mass is 10.0. The summed E-state index contributed by atoms with van der Waals surface area (Å²) in [5, 5.41) is 7.53. The largest absolute Gasteiger partial charge is 0.416 e. The molecular formula is C21H20F3N5O. The highest BCUT2D eigenvalue weighted by molar-refractivity contribution is 6.09. The van der Waals surface area contributed by atoms with Gasteiger partial charge in [0.25, 0.3) is 5.91 Å². The Morgan fingerprint density at radius 3 is 2.60 bits per heavy atom. The topological polar surface area (TPSA) is 63.1 Å². The van der Waals surface area contributed by atoms with Crippen LogP contribution in [0, 0.1) is 0 Å². The summed E-state index contributed by atoms with van der Waals surface area (Å²) in [6.07, 6.45) is -1.12. The van der Waals surface area contributed by atoms with Crippen molar-refractivity contribution >= 4 is 17.4 Å². The molecule has 2 aromatic heterocycles. The molecule has 1 N–H and O–H groups in total. The smallest absolute Gasteiger partial charge is 0.370 e. The number of pyridine rings is 1. The standard InChI is InChI=1S/C21H20F3N5O/c1-3-25-18-10-14(8-9-26-18)17-11-27-29-13(2)12-28(20(30)19(17)29)16-6-4-15(5-7-16)21(22,23)24/h4-11,13H,3,12H2,1-2H3,(H,25,26)/t13-/m0/s1. The lowest BCUT2D eigenvalue weighted by Crippen LogP contribution is -2.42. The zero-order valence-corrected chi connectivity index (χ0v) is 16.4. The summed E-state index contributed by atoms with van der Waals surface area (Å²) in [5.41, 5.74) is 1.52. The van der Waals surface area contributed by atoms with E-state index in [1.807, 2.05) is 19.9 Å². The van der Waals surface area contributed by atoms with Gasteiger partial charge in [-0.15, -0.1) is 0 Å². The molecule has 1 atom stereocenters. The van der Waals surface area contributed by atoms with Crippen LogP contribution in [0.15, 0.2) is 48.8 Å². The van der Waals surface area contributed by atoms with Crippen LogP contribution in [-0.2, 0) is 6.18 Å². The molecule has 4 rings (SSSR count). The number of aromatic nitrogens is 3. The number of benzene rings is 1. The Labute approximate surface area is 171 Å². The van der Waals surface area contributed by atoms with Crippen molar-refractivity contribution in [3.05, 3.63) is 60.0 Å². The van der Waals surface area contributed by atoms with Gasteiger partial charge in [-0.3, -0.25) is 9.48 Å². The molecule has 0 bridgehead atoms. The molecule has 0 aliphatic carbocycles. The van der Waals surface area contributed by atoms with Gasteiger partial charge in [0.05, 0.1) is 17.8 Å². The summed E-state index contributed by atoms with van der Waals surface area (Å²) in [4.78, 5) is 19.1. The molecule has 1 aliphatic heterocycles. The van der Waals surface area contributed by atoms with Crippen LogP contribution in [0.5, 0.6) is 0 Å². The van der Waals surface area contributed by atoms with E-state index in [4.69, 9.17) is 0 Å². The van der Waals surface area contributed by atoms with E-state index >= 15 is 0 Å². The molecule has 156 valence electrons. The van der Waals surface area contributed by atoms with E-state index in [9.17, 15) is 18.0 Å². The molecule has 0 fully saturated rings. The second-order valence-corrected chi connectivity index (χ2v) is 7.12. The van der Waals surface area contributed by atoms with Crippen molar-refractivity contribution in [1.29, 1.82) is 0 Å². The average molecular weight is 415 g/mol. The van der Waals surface area contributed by atoms with Crippen LogP contribution in [0.3, 0.4) is 0 Å². The van der Waals surface area contributed by atoms with Gasteiger partial charge in [0.2, 0.25) is 0 Å². The minimum absolute atomic E-state index is 0.135. The second-order valence-electron chi connectivity index (χ2n) is 7.12. The lowest BCUT2D eigenvalue weighted by molar-refractivity contribution is -0.137. The Morgan fingerprint density at radius 1 is 1.20 bits per heavy atom. The van der Waals surface area contributed by atoms with Crippen molar-refractivity contribution < 1.29 is 18.0 Å². The third-order valence-corrected chi connectivity index (χ3v) is 5.04. The molecular weight excluding hydrogens is 395 g/mol. The number of nitrogens with zero attached hydrogens (tertiary/aromatic N) is 4. The van der Waals surface area contributed by atoms with Crippen molar-refractivity contribution in [3.63, 3.8) is 0 Å². The molecule has 1 aliphatic rings. The molecule has 1 amide bonds. The summed E-state index contributed by atoms with van der Waals surface area (Å²) < 4.78 is 40.3. The van der Waals surface area contributed by atoms with Crippen LogP contribution < -0.4 is 10.2 Å². The van der Waals surface area contributed by atoms with Gasteiger partial charge < -0.3 is 10.2 Å². The highest BCUT2D eigenvalue weighted by Crippen LogP contribution is 2.35. The molecule has 0 radical (unpaired) electrons. The van der Waals surface area contributed by atoms with Gasteiger partial charge >= 0.3 is 6.18 Å². The molecule has 0 saturated heterocycles. The number of nitrogens with one attached hydrogen (secondary N) is 1. The van der Waals surface area contributed by atoms with Gasteiger partial charge in [-0.1, -0.05) is 0 Å². The number of amides is 1. The first-order valence-electron chi connectivity index (χ1n) is 9.56. The number of hydrogen-bond donors (Lipinski definition) is 1. The van der Waals surface area contributed by atoms with E-state index in [0.717, 1.165) is 17.7 Å². The number of alkyl halides is 3. The minimum Gasteiger partial charge on any atom is -0.370 e. The van der Waals surface area contributed by atoms with Gasteiger partial charge in [-0.2, -0.15) is 18.3 Å². The molecule has 3 aromatic rings. The van der Waals surface area contributed by atoms with Gasteiger partial charge in [0, 0.05) is 30.5 Å². The van der Waals surface area contributed by atoms with E-state index < -0.39 is 11.7 Å². The van der Waals surface area contributed by atoms with Crippen molar-refractivity contribution in [2.24, 2.45) is 0 Å². The lowest BCUT2D eigenvalue weighted by Gasteiger charge is -2.32. The van der Waals surface area contributed by atoms with E-state index in [1.165, 1.54) is 17.0 Å². The maximum atomic E-state index is 13.3. The summed E-state index contributed by atoms with van der Waals surface area (Å²) in [5.74, 6) is 0.382. The first-order valence-corrected chi connectivity index (χ1v) is 9.56. The highest BCUT2D eigenvalue weighted by atomic mass is 19.4. The maximum Gasteiger partial charge on any atom is 0.416 e. The molecule has 3 heterocycles. The van der Waals surface area contributed by atoms with Gasteiger partial charge in [-0.25, -0.2) is 4.98 Å². The monoisotopic (exact) mass is 415 g/mol. The maximum absolute atomic E-state index is 13.3. The van der Waals surface area contributed by atoms with Crippen molar-refractivity contribution in [1.82, 2.24) is 14.8 Å². The average Bonchev–Trinajstić information content (AvgIpc) is 3.17. The van der Waals surface area contributed by atoms with Crippen molar-refractivity contribution in [2.75, 3.05) is 23.3 Å². The van der Waals surface area contributed by atoms with Crippen LogP contribution in [0.1, 0.15) is 35.9 Å². The van der Waals surface area contributed by atoms with Crippen LogP contribution >= 0.6 is 0 Å². The fraction of sp³-hybridized carbons (Fsp3) is 0.286. The molecule has 9 heteroatoms. The number of fused-ring (bicyclic) bond motifs is 1. The number of rotatable bonds is 4. The normalized spacial score (nSPS) is 16.5. The van der Waals surface area contributed by atoms with E-state index in [-0.39, 0.29) is 11.9 Å². The van der Waals surface area contributed by atoms with Crippen LogP contribution in [0.4, 0.5) is 24.7 Å². The first-order chi connectivity index (χ1) is 14.3. The van der Waals surface area contributed by atoms with E-state index in [1.54, 1.807) is 23.1 Å². The van der Waals surface area contributed by atoms with Crippen molar-refractivity contribution in [3.8, 4) is 11.1 Å². The minimum atomic E-state index is -4.42. The molecule has 6 nitrogen and oxygen atoms in total. The predicted octanol–water partition coefficient (Wildman–Crippen LogP) is 4.62. The number of halogens is 3. The summed E-state index contributed by atoms with van der Waals surface area (Å²) >= 11 is 0. The Bertz CT molecular complexity index is 1070. The SMILES string of the molecule is CCNc1cc(-c2cnn3c2C(=O)N(c2ccc(C(F)(F)F)cc2)C[C@@H]3C)ccn1. The van der Waals surface area contributed by atoms with Gasteiger partial charge in [0.15, 0.2) is 0 Å². The van der Waals surface area contributed by atoms with Crippen LogP contribution in [0.25, 0.3) is 11.1 Å². The van der Waals surface area contributed by atoms with Gasteiger partial charge in [-0.05, 0) is 55.8 Å². The fourth-order valence-corrected chi connectivity index (χ4v) is 3.60. The van der Waals surface area contributed by atoms with Crippen LogP contribution in [-0.4, -0.2) is 33.8 Å². The Hall–Kier alpha value is -3.36. The number of carbonyl (C=O) groups is 1. The Morgan fingerprint density at radius 2 is 1.93 bits per heavy atom. The second kappa shape index (κ2) is 7.47. The zero-order valence-electron chi connectivity index (χ0n) is 16.4. The summed E-state index contributed by atoms with van der Waals surface area (Å²) in [7, 11) is 0. The Balaban J connectivity index is 1.72. The zero-order chi connectivity index (χ0) is 21.5.